The molecule has 1 aromatic rings. The van der Waals surface area contributed by atoms with Gasteiger partial charge in [0.1, 0.15) is 5.71 Å². The van der Waals surface area contributed by atoms with Gasteiger partial charge in [-0.25, -0.2) is 0 Å². The lowest BCUT2D eigenvalue weighted by Gasteiger charge is -2.28. The highest BCUT2D eigenvalue weighted by atomic mass is 16.3. The van der Waals surface area contributed by atoms with E-state index >= 15 is 0 Å². The molecule has 0 heterocycles. The van der Waals surface area contributed by atoms with Gasteiger partial charge < -0.3 is 21.1 Å². The van der Waals surface area contributed by atoms with Crippen LogP contribution in [0.25, 0.3) is 0 Å². The summed E-state index contributed by atoms with van der Waals surface area (Å²) in [6.07, 6.45) is 6.60. The third-order valence-electron chi connectivity index (χ3n) is 5.50. The second-order valence-electron chi connectivity index (χ2n) is 7.44. The van der Waals surface area contributed by atoms with Gasteiger partial charge >= 0.3 is 0 Å². The van der Waals surface area contributed by atoms with Gasteiger partial charge in [-0.1, -0.05) is 18.2 Å². The van der Waals surface area contributed by atoms with Gasteiger partial charge in [-0.15, -0.1) is 0 Å². The molecule has 2 aliphatic carbocycles. The van der Waals surface area contributed by atoms with Crippen molar-refractivity contribution in [2.45, 2.75) is 57.9 Å². The van der Waals surface area contributed by atoms with Crippen molar-refractivity contribution in [3.05, 3.63) is 52.4 Å². The first kappa shape index (κ1) is 19.9. The number of aryl methyl sites for hydroxylation is 1. The Labute approximate surface area is 165 Å². The quantitative estimate of drug-likeness (QED) is 0.472. The predicted molar refractivity (Wildman–Crippen MR) is 112 cm³/mol. The van der Waals surface area contributed by atoms with Crippen LogP contribution in [-0.2, 0) is 4.79 Å². The molecule has 28 heavy (non-hydrogen) atoms. The Balaban J connectivity index is 1.77. The predicted octanol–water partition coefficient (Wildman–Crippen LogP) is 4.39. The summed E-state index contributed by atoms with van der Waals surface area (Å²) in [5, 5.41) is 32.4. The van der Waals surface area contributed by atoms with Crippen LogP contribution in [0.2, 0.25) is 0 Å². The van der Waals surface area contributed by atoms with Crippen LogP contribution in [0.4, 0.5) is 5.69 Å². The largest absolute Gasteiger partial charge is 0.512 e. The van der Waals surface area contributed by atoms with Crippen LogP contribution in [0.5, 0.6) is 0 Å². The molecule has 0 spiro atoms. The highest BCUT2D eigenvalue weighted by molar-refractivity contribution is 6.44. The highest BCUT2D eigenvalue weighted by Gasteiger charge is 2.27. The van der Waals surface area contributed by atoms with E-state index in [-0.39, 0.29) is 17.5 Å². The number of aliphatic hydroxyl groups is 1. The SMILES string of the molecule is Cc1ccccc1NC1=C(C=N)C(NC(=O)C(=N)C2=C(O)CCCC2)CCC1. The zero-order valence-corrected chi connectivity index (χ0v) is 16.3. The number of anilines is 1. The number of allylic oxidation sites excluding steroid dienone is 2. The molecule has 1 amide bonds. The Bertz CT molecular complexity index is 854. The minimum atomic E-state index is -0.482. The molecule has 2 aliphatic rings. The number of hydrogen-bond acceptors (Lipinski definition) is 5. The Kier molecular flexibility index (Phi) is 6.29. The van der Waals surface area contributed by atoms with Gasteiger partial charge in [0.2, 0.25) is 0 Å². The number of carbonyl (C=O) groups excluding carboxylic acids is 1. The van der Waals surface area contributed by atoms with Crippen molar-refractivity contribution in [2.75, 3.05) is 5.32 Å². The summed E-state index contributed by atoms with van der Waals surface area (Å²) in [6.45, 7) is 2.03. The normalized spacial score (nSPS) is 20.0. The van der Waals surface area contributed by atoms with E-state index in [2.05, 4.69) is 10.6 Å². The molecule has 3 rings (SSSR count). The van der Waals surface area contributed by atoms with E-state index in [1.807, 2.05) is 31.2 Å². The Morgan fingerprint density at radius 3 is 2.64 bits per heavy atom. The Hall–Kier alpha value is -2.89. The topological polar surface area (TPSA) is 109 Å². The molecular weight excluding hydrogens is 352 g/mol. The molecule has 1 aromatic carbocycles. The molecule has 0 bridgehead atoms. The fourth-order valence-corrected chi connectivity index (χ4v) is 3.87. The number of benzene rings is 1. The van der Waals surface area contributed by atoms with E-state index in [4.69, 9.17) is 10.8 Å². The van der Waals surface area contributed by atoms with E-state index in [9.17, 15) is 9.90 Å². The first-order valence-electron chi connectivity index (χ1n) is 9.88. The zero-order valence-electron chi connectivity index (χ0n) is 16.3. The summed E-state index contributed by atoms with van der Waals surface area (Å²) in [4.78, 5) is 12.6. The van der Waals surface area contributed by atoms with Crippen molar-refractivity contribution in [3.63, 3.8) is 0 Å². The maximum Gasteiger partial charge on any atom is 0.270 e. The molecule has 0 saturated carbocycles. The average molecular weight is 380 g/mol. The van der Waals surface area contributed by atoms with Crippen LogP contribution in [0.15, 0.2) is 46.9 Å². The molecule has 148 valence electrons. The fourth-order valence-electron chi connectivity index (χ4n) is 3.87. The second kappa shape index (κ2) is 8.87. The fraction of sp³-hybridized carbons (Fsp3) is 0.409. The molecule has 6 heteroatoms. The maximum atomic E-state index is 12.6. The molecule has 1 unspecified atom stereocenters. The monoisotopic (exact) mass is 380 g/mol. The highest BCUT2D eigenvalue weighted by Crippen LogP contribution is 2.28. The number of amides is 1. The number of hydrogen-bond donors (Lipinski definition) is 5. The van der Waals surface area contributed by atoms with E-state index in [0.29, 0.717) is 18.4 Å². The third kappa shape index (κ3) is 4.32. The van der Waals surface area contributed by atoms with E-state index in [1.165, 1.54) is 6.21 Å². The average Bonchev–Trinajstić information content (AvgIpc) is 2.70. The molecule has 5 N–H and O–H groups in total. The van der Waals surface area contributed by atoms with Crippen molar-refractivity contribution >= 4 is 23.5 Å². The van der Waals surface area contributed by atoms with Gasteiger partial charge in [-0.3, -0.25) is 10.2 Å². The van der Waals surface area contributed by atoms with Gasteiger partial charge in [-0.05, 0) is 57.1 Å². The summed E-state index contributed by atoms with van der Waals surface area (Å²) in [6, 6.07) is 7.67. The minimum Gasteiger partial charge on any atom is -0.512 e. The standard InChI is InChI=1S/C22H28N4O2/c1-14-7-2-4-9-17(14)25-18-10-6-11-19(16(18)13-23)26-22(28)21(24)15-8-3-5-12-20(15)27/h2,4,7,9,13,19,23-25,27H,3,5-6,8,10-12H2,1H3,(H,26,28). The van der Waals surface area contributed by atoms with Crippen LogP contribution in [0.3, 0.4) is 0 Å². The van der Waals surface area contributed by atoms with Crippen molar-refractivity contribution < 1.29 is 9.90 Å². The number of nitrogens with one attached hydrogen (secondary N) is 4. The summed E-state index contributed by atoms with van der Waals surface area (Å²) < 4.78 is 0. The number of rotatable bonds is 6. The molecular formula is C22H28N4O2. The van der Waals surface area contributed by atoms with Crippen LogP contribution >= 0.6 is 0 Å². The van der Waals surface area contributed by atoms with Gasteiger partial charge in [0.25, 0.3) is 5.91 Å². The van der Waals surface area contributed by atoms with E-state index in [0.717, 1.165) is 54.6 Å². The van der Waals surface area contributed by atoms with Crippen molar-refractivity contribution in [1.82, 2.24) is 5.32 Å². The van der Waals surface area contributed by atoms with Crippen LogP contribution < -0.4 is 10.6 Å². The summed E-state index contributed by atoms with van der Waals surface area (Å²) in [5.74, 6) is -0.315. The van der Waals surface area contributed by atoms with Crippen molar-refractivity contribution in [2.24, 2.45) is 0 Å². The Morgan fingerprint density at radius 2 is 1.93 bits per heavy atom. The van der Waals surface area contributed by atoms with Crippen molar-refractivity contribution in [3.8, 4) is 0 Å². The lowest BCUT2D eigenvalue weighted by atomic mass is 9.90. The number of para-hydroxylation sites is 1. The molecule has 0 fully saturated rings. The Morgan fingerprint density at radius 1 is 1.18 bits per heavy atom. The van der Waals surface area contributed by atoms with Crippen LogP contribution in [0.1, 0.15) is 50.5 Å². The molecule has 1 atom stereocenters. The molecule has 0 aliphatic heterocycles. The van der Waals surface area contributed by atoms with Crippen LogP contribution in [0, 0.1) is 17.7 Å². The second-order valence-corrected chi connectivity index (χ2v) is 7.44. The molecule has 6 nitrogen and oxygen atoms in total. The smallest absolute Gasteiger partial charge is 0.270 e. The molecule has 0 aromatic heterocycles. The van der Waals surface area contributed by atoms with Gasteiger partial charge in [0.05, 0.1) is 11.8 Å². The van der Waals surface area contributed by atoms with E-state index in [1.54, 1.807) is 0 Å². The van der Waals surface area contributed by atoms with Crippen molar-refractivity contribution in [1.29, 1.82) is 10.8 Å². The number of carbonyl (C=O) groups is 1. The first-order chi connectivity index (χ1) is 13.5. The summed E-state index contributed by atoms with van der Waals surface area (Å²) in [7, 11) is 0. The van der Waals surface area contributed by atoms with Gasteiger partial charge in [0.15, 0.2) is 0 Å². The van der Waals surface area contributed by atoms with E-state index < -0.39 is 5.91 Å². The lowest BCUT2D eigenvalue weighted by molar-refractivity contribution is -0.115. The van der Waals surface area contributed by atoms with Gasteiger partial charge in [0, 0.05) is 35.2 Å². The summed E-state index contributed by atoms with van der Waals surface area (Å²) in [5.41, 5.74) is 4.10. The summed E-state index contributed by atoms with van der Waals surface area (Å²) >= 11 is 0. The third-order valence-corrected chi connectivity index (χ3v) is 5.50. The molecule has 0 radical (unpaired) electrons. The van der Waals surface area contributed by atoms with Crippen LogP contribution in [-0.4, -0.2) is 29.0 Å². The number of aliphatic hydroxyl groups excluding tert-OH is 1. The molecule has 0 saturated heterocycles. The first-order valence-corrected chi connectivity index (χ1v) is 9.88. The zero-order chi connectivity index (χ0) is 20.1. The maximum absolute atomic E-state index is 12.6. The lowest BCUT2D eigenvalue weighted by Crippen LogP contribution is -2.43. The minimum absolute atomic E-state index is 0.152. The van der Waals surface area contributed by atoms with Gasteiger partial charge in [-0.2, -0.15) is 0 Å².